The third kappa shape index (κ3) is 3.52. The average molecular weight is 389 g/mol. The van der Waals surface area contributed by atoms with Gasteiger partial charge in [0.15, 0.2) is 11.5 Å². The van der Waals surface area contributed by atoms with Crippen LogP contribution in [-0.2, 0) is 4.74 Å². The first kappa shape index (κ1) is 20.7. The summed E-state index contributed by atoms with van der Waals surface area (Å²) < 4.78 is 11.1. The summed E-state index contributed by atoms with van der Waals surface area (Å²) in [5, 5.41) is 21.3. The highest BCUT2D eigenvalue weighted by atomic mass is 16.5. The number of carbonyl (C=O) groups is 1. The summed E-state index contributed by atoms with van der Waals surface area (Å²) in [7, 11) is 1.44. The van der Waals surface area contributed by atoms with Gasteiger partial charge in [-0.2, -0.15) is 0 Å². The van der Waals surface area contributed by atoms with Crippen molar-refractivity contribution in [3.63, 3.8) is 0 Å². The molecular formula is C23H32O5. The molecule has 1 aromatic carbocycles. The van der Waals surface area contributed by atoms with Crippen LogP contribution in [0.2, 0.25) is 0 Å². The molecule has 5 nitrogen and oxygen atoms in total. The van der Waals surface area contributed by atoms with E-state index >= 15 is 0 Å². The fourth-order valence-electron chi connectivity index (χ4n) is 5.09. The van der Waals surface area contributed by atoms with Crippen LogP contribution in [0.15, 0.2) is 29.8 Å². The number of esters is 1. The van der Waals surface area contributed by atoms with Crippen LogP contribution < -0.4 is 4.74 Å². The van der Waals surface area contributed by atoms with Crippen LogP contribution in [0.5, 0.6) is 11.5 Å². The number of hydrogen-bond acceptors (Lipinski definition) is 5. The molecule has 1 fully saturated rings. The third-order valence-corrected chi connectivity index (χ3v) is 6.87. The predicted molar refractivity (Wildman–Crippen MR) is 107 cm³/mol. The summed E-state index contributed by atoms with van der Waals surface area (Å²) in [6, 6.07) is 4.44. The normalized spacial score (nSPS) is 32.5. The van der Waals surface area contributed by atoms with E-state index in [0.29, 0.717) is 12.0 Å². The molecule has 2 N–H and O–H groups in total. The topological polar surface area (TPSA) is 76.0 Å². The predicted octanol–water partition coefficient (Wildman–Crippen LogP) is 4.47. The highest BCUT2D eigenvalue weighted by molar-refractivity contribution is 5.90. The first-order valence-electron chi connectivity index (χ1n) is 10.1. The van der Waals surface area contributed by atoms with E-state index in [1.807, 2.05) is 13.8 Å². The lowest BCUT2D eigenvalue weighted by Gasteiger charge is -2.43. The van der Waals surface area contributed by atoms with E-state index in [1.165, 1.54) is 30.9 Å². The molecule has 3 rings (SSSR count). The number of allylic oxidation sites excluding steroid dienone is 1. The van der Waals surface area contributed by atoms with E-state index in [9.17, 15) is 15.0 Å². The molecule has 0 aliphatic heterocycles. The van der Waals surface area contributed by atoms with Crippen molar-refractivity contribution in [2.75, 3.05) is 7.11 Å². The molecular weight excluding hydrogens is 356 g/mol. The quantitative estimate of drug-likeness (QED) is 0.588. The SMILES string of the molecule is COc1cc(C(=O)O[C@@H]2CC(C)=CC[C@]3(C)CC[C@@](O)(C(C)C)[C@@H]23)ccc1O. The van der Waals surface area contributed by atoms with Crippen LogP contribution in [0, 0.1) is 17.3 Å². The number of ether oxygens (including phenoxy) is 2. The Morgan fingerprint density at radius 3 is 2.64 bits per heavy atom. The zero-order valence-electron chi connectivity index (χ0n) is 17.5. The molecule has 0 unspecified atom stereocenters. The van der Waals surface area contributed by atoms with Gasteiger partial charge in [-0.15, -0.1) is 0 Å². The van der Waals surface area contributed by atoms with Gasteiger partial charge in [0.2, 0.25) is 0 Å². The molecule has 0 bridgehead atoms. The number of aromatic hydroxyl groups is 1. The molecule has 28 heavy (non-hydrogen) atoms. The van der Waals surface area contributed by atoms with Crippen molar-refractivity contribution in [2.24, 2.45) is 17.3 Å². The van der Waals surface area contributed by atoms with Gasteiger partial charge in [-0.25, -0.2) is 4.79 Å². The largest absolute Gasteiger partial charge is 0.504 e. The summed E-state index contributed by atoms with van der Waals surface area (Å²) in [6.07, 6.45) is 4.98. The Hall–Kier alpha value is -2.01. The standard InChI is InChI=1S/C23H32O5/c1-14(2)23(26)11-10-22(4)9-8-15(3)12-19(20(22)23)28-21(25)16-6-7-17(24)18(13-16)27-5/h6-8,13-14,19-20,24,26H,9-12H2,1-5H3/t19-,20+,22-,23-/m1/s1. The highest BCUT2D eigenvalue weighted by Crippen LogP contribution is 2.58. The Morgan fingerprint density at radius 1 is 1.29 bits per heavy atom. The molecule has 5 heteroatoms. The maximum absolute atomic E-state index is 12.9. The first-order valence-corrected chi connectivity index (χ1v) is 10.1. The number of phenols is 1. The Labute approximate surface area is 167 Å². The highest BCUT2D eigenvalue weighted by Gasteiger charge is 2.59. The minimum absolute atomic E-state index is 0.0233. The molecule has 154 valence electrons. The molecule has 0 heterocycles. The lowest BCUT2D eigenvalue weighted by Crippen LogP contribution is -2.50. The van der Waals surface area contributed by atoms with Gasteiger partial charge in [-0.05, 0) is 55.7 Å². The fraction of sp³-hybridized carbons (Fsp3) is 0.609. The van der Waals surface area contributed by atoms with Crippen LogP contribution in [0.4, 0.5) is 0 Å². The maximum Gasteiger partial charge on any atom is 0.338 e. The Morgan fingerprint density at radius 2 is 2.00 bits per heavy atom. The van der Waals surface area contributed by atoms with Gasteiger partial charge in [-0.1, -0.05) is 32.4 Å². The van der Waals surface area contributed by atoms with Crippen molar-refractivity contribution < 1.29 is 24.5 Å². The van der Waals surface area contributed by atoms with Crippen LogP contribution >= 0.6 is 0 Å². The summed E-state index contributed by atoms with van der Waals surface area (Å²) in [5.41, 5.74) is 0.551. The number of aliphatic hydroxyl groups is 1. The van der Waals surface area contributed by atoms with Gasteiger partial charge in [0.25, 0.3) is 0 Å². The number of methoxy groups -OCH3 is 1. The summed E-state index contributed by atoms with van der Waals surface area (Å²) in [4.78, 5) is 12.9. The molecule has 0 saturated heterocycles. The number of hydrogen-bond donors (Lipinski definition) is 2. The Bertz CT molecular complexity index is 783. The van der Waals surface area contributed by atoms with E-state index in [0.717, 1.165) is 19.3 Å². The number of carbonyl (C=O) groups excluding carboxylic acids is 1. The molecule has 2 aliphatic carbocycles. The second-order valence-corrected chi connectivity index (χ2v) is 9.07. The fourth-order valence-corrected chi connectivity index (χ4v) is 5.09. The van der Waals surface area contributed by atoms with E-state index in [4.69, 9.17) is 9.47 Å². The molecule has 0 radical (unpaired) electrons. The number of fused-ring (bicyclic) bond motifs is 1. The second-order valence-electron chi connectivity index (χ2n) is 9.07. The van der Waals surface area contributed by atoms with Crippen LogP contribution in [-0.4, -0.2) is 35.0 Å². The summed E-state index contributed by atoms with van der Waals surface area (Å²) in [6.45, 7) is 8.35. The van der Waals surface area contributed by atoms with Crippen LogP contribution in [0.1, 0.15) is 63.7 Å². The molecule has 0 aromatic heterocycles. The molecule has 4 atom stereocenters. The summed E-state index contributed by atoms with van der Waals surface area (Å²) >= 11 is 0. The lowest BCUT2D eigenvalue weighted by atomic mass is 9.67. The van der Waals surface area contributed by atoms with Crippen molar-refractivity contribution in [1.29, 1.82) is 0 Å². The Kier molecular flexibility index (Phi) is 5.50. The Balaban J connectivity index is 1.93. The second kappa shape index (κ2) is 7.43. The minimum Gasteiger partial charge on any atom is -0.504 e. The number of phenolic OH excluding ortho intramolecular Hbond substituents is 1. The lowest BCUT2D eigenvalue weighted by molar-refractivity contribution is -0.112. The van der Waals surface area contributed by atoms with Gasteiger partial charge in [0.1, 0.15) is 6.10 Å². The van der Waals surface area contributed by atoms with Crippen molar-refractivity contribution >= 4 is 5.97 Å². The van der Waals surface area contributed by atoms with Crippen LogP contribution in [0.3, 0.4) is 0 Å². The van der Waals surface area contributed by atoms with Crippen LogP contribution in [0.25, 0.3) is 0 Å². The van der Waals surface area contributed by atoms with Gasteiger partial charge in [-0.3, -0.25) is 0 Å². The van der Waals surface area contributed by atoms with E-state index in [1.54, 1.807) is 0 Å². The van der Waals surface area contributed by atoms with Crippen molar-refractivity contribution in [1.82, 2.24) is 0 Å². The van der Waals surface area contributed by atoms with Crippen molar-refractivity contribution in [3.05, 3.63) is 35.4 Å². The zero-order chi connectivity index (χ0) is 20.7. The number of benzene rings is 1. The van der Waals surface area contributed by atoms with Gasteiger partial charge < -0.3 is 19.7 Å². The smallest absolute Gasteiger partial charge is 0.338 e. The van der Waals surface area contributed by atoms with Gasteiger partial charge in [0.05, 0.1) is 18.3 Å². The first-order chi connectivity index (χ1) is 13.1. The average Bonchev–Trinajstić information content (AvgIpc) is 2.85. The monoisotopic (exact) mass is 388 g/mol. The molecule has 2 aliphatic rings. The molecule has 1 saturated carbocycles. The molecule has 0 amide bonds. The molecule has 0 spiro atoms. The zero-order valence-corrected chi connectivity index (χ0v) is 17.5. The van der Waals surface area contributed by atoms with E-state index < -0.39 is 17.7 Å². The third-order valence-electron chi connectivity index (χ3n) is 6.87. The van der Waals surface area contributed by atoms with E-state index in [2.05, 4.69) is 19.9 Å². The number of rotatable bonds is 4. The van der Waals surface area contributed by atoms with E-state index in [-0.39, 0.29) is 28.7 Å². The van der Waals surface area contributed by atoms with Crippen molar-refractivity contribution in [3.8, 4) is 11.5 Å². The maximum atomic E-state index is 12.9. The van der Waals surface area contributed by atoms with Gasteiger partial charge >= 0.3 is 5.97 Å². The van der Waals surface area contributed by atoms with Gasteiger partial charge in [0, 0.05) is 12.3 Å². The molecule has 1 aromatic rings. The summed E-state index contributed by atoms with van der Waals surface area (Å²) in [5.74, 6) is -0.302. The minimum atomic E-state index is -0.856. The van der Waals surface area contributed by atoms with Crippen molar-refractivity contribution in [2.45, 2.75) is 65.1 Å².